The van der Waals surface area contributed by atoms with Crippen LogP contribution in [0.15, 0.2) is 115 Å². The van der Waals surface area contributed by atoms with Crippen LogP contribution in [0.5, 0.6) is 0 Å². The van der Waals surface area contributed by atoms with Crippen molar-refractivity contribution in [2.45, 2.75) is 76.9 Å². The minimum absolute atomic E-state index is 0.163. The van der Waals surface area contributed by atoms with Crippen LogP contribution >= 0.6 is 0 Å². The standard InChI is InChI=1S/C38H48N2O6/c1-4-5-6-7-8-9-10-11-12-13-14-15-16-17-18-19-20-21-25-28-35(42)40-32(37(44)45-3)30-39-36(43)33-29-34(41)38(2,46-33)31-26-23-22-24-27-31/h5-6,8-9,11-12,14-15,17-18,20-24,26-27,29,32H,4,7,10,13,16,19,25,28,30H2,1-3H3,(H,39,43)(H,40,42). The number of ether oxygens (including phenoxy) is 2. The Bertz CT molecular complexity index is 1340. The van der Waals surface area contributed by atoms with E-state index in [4.69, 9.17) is 9.47 Å². The molecule has 0 spiro atoms. The lowest BCUT2D eigenvalue weighted by molar-refractivity contribution is -0.145. The molecule has 246 valence electrons. The van der Waals surface area contributed by atoms with Gasteiger partial charge in [-0.3, -0.25) is 14.4 Å². The van der Waals surface area contributed by atoms with Crippen molar-refractivity contribution in [3.05, 3.63) is 121 Å². The lowest BCUT2D eigenvalue weighted by Gasteiger charge is -2.24. The van der Waals surface area contributed by atoms with Crippen LogP contribution in [-0.2, 0) is 34.3 Å². The molecule has 1 aromatic carbocycles. The number of ketones is 1. The summed E-state index contributed by atoms with van der Waals surface area (Å²) >= 11 is 0. The molecule has 0 saturated carbocycles. The molecule has 46 heavy (non-hydrogen) atoms. The fraction of sp³-hybridized carbons (Fsp3) is 0.368. The molecule has 0 aliphatic carbocycles. The van der Waals surface area contributed by atoms with Gasteiger partial charge in [0, 0.05) is 24.6 Å². The highest BCUT2D eigenvalue weighted by Gasteiger charge is 2.43. The Balaban J connectivity index is 1.65. The number of rotatable bonds is 20. The maximum Gasteiger partial charge on any atom is 0.330 e. The van der Waals surface area contributed by atoms with E-state index in [1.165, 1.54) is 7.11 Å². The van der Waals surface area contributed by atoms with Crippen molar-refractivity contribution in [3.8, 4) is 0 Å². The Kier molecular flexibility index (Phi) is 17.8. The molecule has 8 nitrogen and oxygen atoms in total. The summed E-state index contributed by atoms with van der Waals surface area (Å²) in [5.74, 6) is -2.25. The molecule has 1 aromatic rings. The Morgan fingerprint density at radius 2 is 1.35 bits per heavy atom. The highest BCUT2D eigenvalue weighted by atomic mass is 16.5. The van der Waals surface area contributed by atoms with Gasteiger partial charge in [-0.05, 0) is 51.9 Å². The number of hydrogen-bond donors (Lipinski definition) is 2. The Labute approximate surface area is 273 Å². The van der Waals surface area contributed by atoms with Gasteiger partial charge in [-0.1, -0.05) is 110 Å². The number of carbonyl (C=O) groups excluding carboxylic acids is 4. The Hall–Kier alpha value is -4.72. The van der Waals surface area contributed by atoms with Crippen LogP contribution in [0.25, 0.3) is 0 Å². The zero-order chi connectivity index (χ0) is 33.5. The number of esters is 1. The summed E-state index contributed by atoms with van der Waals surface area (Å²) in [6.07, 6.45) is 32.8. The predicted molar refractivity (Wildman–Crippen MR) is 182 cm³/mol. The third-order valence-electron chi connectivity index (χ3n) is 7.02. The van der Waals surface area contributed by atoms with Gasteiger partial charge < -0.3 is 20.1 Å². The van der Waals surface area contributed by atoms with Crippen LogP contribution in [0, 0.1) is 0 Å². The number of hydrogen-bond acceptors (Lipinski definition) is 6. The largest absolute Gasteiger partial charge is 0.469 e. The minimum atomic E-state index is -1.31. The number of amides is 2. The molecule has 2 amide bonds. The van der Waals surface area contributed by atoms with E-state index < -0.39 is 23.5 Å². The molecule has 1 aliphatic rings. The molecule has 2 unspecified atom stereocenters. The van der Waals surface area contributed by atoms with Gasteiger partial charge in [-0.25, -0.2) is 4.79 Å². The zero-order valence-corrected chi connectivity index (χ0v) is 27.3. The second kappa shape index (κ2) is 21.9. The van der Waals surface area contributed by atoms with Gasteiger partial charge in [0.25, 0.3) is 5.91 Å². The molecule has 0 saturated heterocycles. The first-order valence-corrected chi connectivity index (χ1v) is 15.9. The van der Waals surface area contributed by atoms with Gasteiger partial charge in [0.05, 0.1) is 7.11 Å². The lowest BCUT2D eigenvalue weighted by atomic mass is 9.92. The number of allylic oxidation sites excluding steroid dienone is 12. The summed E-state index contributed by atoms with van der Waals surface area (Å²) in [6, 6.07) is 7.77. The van der Waals surface area contributed by atoms with Crippen molar-refractivity contribution in [2.75, 3.05) is 13.7 Å². The molecule has 2 rings (SSSR count). The van der Waals surface area contributed by atoms with Gasteiger partial charge in [0.1, 0.15) is 6.04 Å². The quantitative estimate of drug-likeness (QED) is 0.124. The second-order valence-corrected chi connectivity index (χ2v) is 10.7. The van der Waals surface area contributed by atoms with Gasteiger partial charge in [-0.15, -0.1) is 0 Å². The maximum atomic E-state index is 12.7. The maximum absolute atomic E-state index is 12.7. The van der Waals surface area contributed by atoms with Crippen molar-refractivity contribution in [2.24, 2.45) is 0 Å². The minimum Gasteiger partial charge on any atom is -0.469 e. The van der Waals surface area contributed by atoms with Crippen molar-refractivity contribution < 1.29 is 28.7 Å². The molecule has 0 aromatic heterocycles. The summed E-state index contributed by atoms with van der Waals surface area (Å²) < 4.78 is 10.5. The fourth-order valence-corrected chi connectivity index (χ4v) is 4.36. The number of nitrogens with one attached hydrogen (secondary N) is 2. The first-order valence-electron chi connectivity index (χ1n) is 15.9. The van der Waals surface area contributed by atoms with Crippen LogP contribution in [0.3, 0.4) is 0 Å². The lowest BCUT2D eigenvalue weighted by Crippen LogP contribution is -2.49. The van der Waals surface area contributed by atoms with E-state index in [-0.39, 0.29) is 30.4 Å². The van der Waals surface area contributed by atoms with Crippen LogP contribution < -0.4 is 10.6 Å². The third kappa shape index (κ3) is 13.9. The molecule has 2 N–H and O–H groups in total. The molecular weight excluding hydrogens is 580 g/mol. The normalized spacial score (nSPS) is 17.5. The number of benzene rings is 1. The molecule has 0 fully saturated rings. The summed E-state index contributed by atoms with van der Waals surface area (Å²) in [5.41, 5.74) is -0.698. The third-order valence-corrected chi connectivity index (χ3v) is 7.02. The van der Waals surface area contributed by atoms with Gasteiger partial charge in [-0.2, -0.15) is 0 Å². The van der Waals surface area contributed by atoms with E-state index in [2.05, 4.69) is 78.3 Å². The van der Waals surface area contributed by atoms with Crippen molar-refractivity contribution >= 4 is 23.6 Å². The average molecular weight is 629 g/mol. The highest BCUT2D eigenvalue weighted by molar-refractivity contribution is 6.07. The molecule has 0 radical (unpaired) electrons. The molecule has 2 atom stereocenters. The van der Waals surface area contributed by atoms with E-state index in [0.29, 0.717) is 12.0 Å². The van der Waals surface area contributed by atoms with E-state index in [0.717, 1.165) is 44.6 Å². The van der Waals surface area contributed by atoms with Gasteiger partial charge >= 0.3 is 5.97 Å². The molecule has 0 bridgehead atoms. The summed E-state index contributed by atoms with van der Waals surface area (Å²) in [4.78, 5) is 50.1. The Morgan fingerprint density at radius 3 is 1.87 bits per heavy atom. The second-order valence-electron chi connectivity index (χ2n) is 10.7. The topological polar surface area (TPSA) is 111 Å². The van der Waals surface area contributed by atoms with E-state index in [1.54, 1.807) is 31.2 Å². The van der Waals surface area contributed by atoms with Crippen LogP contribution in [0.2, 0.25) is 0 Å². The summed E-state index contributed by atoms with van der Waals surface area (Å²) in [7, 11) is 1.20. The van der Waals surface area contributed by atoms with E-state index in [1.807, 2.05) is 18.2 Å². The molecule has 1 aliphatic heterocycles. The van der Waals surface area contributed by atoms with Crippen molar-refractivity contribution in [3.63, 3.8) is 0 Å². The summed E-state index contributed by atoms with van der Waals surface area (Å²) in [5, 5.41) is 5.15. The van der Waals surface area contributed by atoms with Crippen LogP contribution in [-0.4, -0.2) is 43.3 Å². The monoisotopic (exact) mass is 628 g/mol. The van der Waals surface area contributed by atoms with Crippen LogP contribution in [0.4, 0.5) is 0 Å². The van der Waals surface area contributed by atoms with Crippen molar-refractivity contribution in [1.82, 2.24) is 10.6 Å². The molecule has 8 heteroatoms. The van der Waals surface area contributed by atoms with Gasteiger partial charge in [0.15, 0.2) is 11.4 Å². The highest BCUT2D eigenvalue weighted by Crippen LogP contribution is 2.34. The van der Waals surface area contributed by atoms with E-state index in [9.17, 15) is 19.2 Å². The van der Waals surface area contributed by atoms with E-state index >= 15 is 0 Å². The zero-order valence-electron chi connectivity index (χ0n) is 27.3. The molecule has 1 heterocycles. The predicted octanol–water partition coefficient (Wildman–Crippen LogP) is 6.64. The molecular formula is C38H48N2O6. The first-order chi connectivity index (χ1) is 22.3. The number of methoxy groups -OCH3 is 1. The Morgan fingerprint density at radius 1 is 0.826 bits per heavy atom. The average Bonchev–Trinajstić information content (AvgIpc) is 3.38. The van der Waals surface area contributed by atoms with Gasteiger partial charge in [0.2, 0.25) is 11.7 Å². The smallest absolute Gasteiger partial charge is 0.330 e. The first kappa shape index (κ1) is 37.5. The SMILES string of the molecule is CCC=CCC=CCC=CCC=CCC=CCC=CCCC(=O)NC(CNC(=O)C1=CC(=O)C(C)(c2ccccc2)O1)C(=O)OC. The van der Waals surface area contributed by atoms with Crippen molar-refractivity contribution in [1.29, 1.82) is 0 Å². The van der Waals surface area contributed by atoms with Crippen LogP contribution in [0.1, 0.15) is 70.8 Å². The fourth-order valence-electron chi connectivity index (χ4n) is 4.36. The summed E-state index contributed by atoms with van der Waals surface area (Å²) in [6.45, 7) is 3.50. The number of carbonyl (C=O) groups is 4.